The maximum Gasteiger partial charge on any atom is 0.143 e. The van der Waals surface area contributed by atoms with Gasteiger partial charge >= 0.3 is 0 Å². The molecule has 2 aromatic rings. The number of halogens is 2. The highest BCUT2D eigenvalue weighted by molar-refractivity contribution is 6.33. The standard InChI is InChI=1S/C21H24Cl2N2O3/c1-15(27)13-24-8-9-25(21(14-24)16-2-4-17(22)5-3-16)20-7-6-18(12-19(20)23)28-11-10-26/h2-7,12,21,26H,8-11,13-14H2,1H3/t21-/m0/s1. The van der Waals surface area contributed by atoms with E-state index in [9.17, 15) is 4.79 Å². The summed E-state index contributed by atoms with van der Waals surface area (Å²) in [7, 11) is 0. The fraction of sp³-hybridized carbons (Fsp3) is 0.381. The van der Waals surface area contributed by atoms with Crippen molar-refractivity contribution in [3.05, 3.63) is 58.1 Å². The summed E-state index contributed by atoms with van der Waals surface area (Å²) in [5, 5.41) is 10.2. The van der Waals surface area contributed by atoms with Gasteiger partial charge in [0.1, 0.15) is 18.1 Å². The lowest BCUT2D eigenvalue weighted by Gasteiger charge is -2.43. The molecule has 1 aliphatic rings. The van der Waals surface area contributed by atoms with Crippen LogP contribution in [0.25, 0.3) is 0 Å². The van der Waals surface area contributed by atoms with E-state index >= 15 is 0 Å². The van der Waals surface area contributed by atoms with Crippen LogP contribution < -0.4 is 9.64 Å². The average Bonchev–Trinajstić information content (AvgIpc) is 2.67. The van der Waals surface area contributed by atoms with Gasteiger partial charge in [-0.1, -0.05) is 35.3 Å². The first-order valence-corrected chi connectivity index (χ1v) is 10.0. The predicted octanol–water partition coefficient (Wildman–Crippen LogP) is 3.82. The Balaban J connectivity index is 1.88. The number of hydrogen-bond donors (Lipinski definition) is 1. The van der Waals surface area contributed by atoms with Crippen molar-refractivity contribution in [1.82, 2.24) is 4.90 Å². The number of aliphatic hydroxyl groups excluding tert-OH is 1. The molecule has 0 radical (unpaired) electrons. The van der Waals surface area contributed by atoms with Crippen LogP contribution in [0.15, 0.2) is 42.5 Å². The van der Waals surface area contributed by atoms with E-state index in [2.05, 4.69) is 9.80 Å². The summed E-state index contributed by atoms with van der Waals surface area (Å²) < 4.78 is 5.45. The zero-order chi connectivity index (χ0) is 20.1. The van der Waals surface area contributed by atoms with Gasteiger partial charge in [-0.25, -0.2) is 0 Å². The van der Waals surface area contributed by atoms with E-state index in [1.54, 1.807) is 13.0 Å². The molecule has 1 aliphatic heterocycles. The monoisotopic (exact) mass is 422 g/mol. The van der Waals surface area contributed by atoms with Gasteiger partial charge in [0.25, 0.3) is 0 Å². The number of nitrogens with zero attached hydrogens (tertiary/aromatic N) is 2. The molecule has 1 N–H and O–H groups in total. The Morgan fingerprint density at radius 2 is 1.93 bits per heavy atom. The summed E-state index contributed by atoms with van der Waals surface area (Å²) in [5.74, 6) is 0.785. The number of anilines is 1. The Hall–Kier alpha value is -1.79. The van der Waals surface area contributed by atoms with E-state index in [1.165, 1.54) is 0 Å². The first kappa shape index (κ1) is 20.9. The minimum absolute atomic E-state index is 0.0455. The molecular formula is C21H24Cl2N2O3. The molecule has 5 nitrogen and oxygen atoms in total. The second-order valence-corrected chi connectivity index (χ2v) is 7.73. The summed E-state index contributed by atoms with van der Waals surface area (Å²) in [4.78, 5) is 16.0. The van der Waals surface area contributed by atoms with E-state index in [-0.39, 0.29) is 25.0 Å². The maximum atomic E-state index is 11.6. The molecule has 1 heterocycles. The highest BCUT2D eigenvalue weighted by Gasteiger charge is 2.30. The summed E-state index contributed by atoms with van der Waals surface area (Å²) in [6.45, 7) is 4.49. The van der Waals surface area contributed by atoms with Crippen LogP contribution in [0, 0.1) is 0 Å². The number of aliphatic hydroxyl groups is 1. The van der Waals surface area contributed by atoms with Crippen molar-refractivity contribution in [2.75, 3.05) is 44.3 Å². The Kier molecular flexibility index (Phi) is 7.18. The largest absolute Gasteiger partial charge is 0.491 e. The highest BCUT2D eigenvalue weighted by Crippen LogP contribution is 2.37. The first-order valence-electron chi connectivity index (χ1n) is 9.25. The molecule has 0 aliphatic carbocycles. The van der Waals surface area contributed by atoms with Crippen LogP contribution in [0.1, 0.15) is 18.5 Å². The second-order valence-electron chi connectivity index (χ2n) is 6.88. The van der Waals surface area contributed by atoms with Crippen LogP contribution in [0.2, 0.25) is 10.0 Å². The van der Waals surface area contributed by atoms with E-state index in [1.807, 2.05) is 36.4 Å². The molecule has 1 fully saturated rings. The number of ketones is 1. The summed E-state index contributed by atoms with van der Waals surface area (Å²) in [5.41, 5.74) is 2.04. The van der Waals surface area contributed by atoms with Crippen molar-refractivity contribution in [1.29, 1.82) is 0 Å². The number of benzene rings is 2. The summed E-state index contributed by atoms with van der Waals surface area (Å²) >= 11 is 12.6. The zero-order valence-corrected chi connectivity index (χ0v) is 17.3. The van der Waals surface area contributed by atoms with Gasteiger partial charge < -0.3 is 14.7 Å². The molecule has 0 spiro atoms. The van der Waals surface area contributed by atoms with Gasteiger partial charge in [-0.15, -0.1) is 0 Å². The normalized spacial score (nSPS) is 17.6. The van der Waals surface area contributed by atoms with Gasteiger partial charge in [0.15, 0.2) is 0 Å². The highest BCUT2D eigenvalue weighted by atomic mass is 35.5. The van der Waals surface area contributed by atoms with E-state index in [0.29, 0.717) is 22.3 Å². The van der Waals surface area contributed by atoms with Crippen LogP contribution in [0.5, 0.6) is 5.75 Å². The van der Waals surface area contributed by atoms with E-state index in [0.717, 1.165) is 30.9 Å². The van der Waals surface area contributed by atoms with Gasteiger partial charge in [0.2, 0.25) is 0 Å². The Labute approximate surface area is 175 Å². The molecule has 0 unspecified atom stereocenters. The minimum atomic E-state index is -0.0455. The smallest absolute Gasteiger partial charge is 0.143 e. The van der Waals surface area contributed by atoms with Gasteiger partial charge in [-0.2, -0.15) is 0 Å². The SMILES string of the molecule is CC(=O)CN1CCN(c2ccc(OCCO)cc2Cl)[C@H](c2ccc(Cl)cc2)C1. The quantitative estimate of drug-likeness (QED) is 0.734. The third-order valence-electron chi connectivity index (χ3n) is 4.75. The number of hydrogen-bond acceptors (Lipinski definition) is 5. The van der Waals surface area contributed by atoms with E-state index < -0.39 is 0 Å². The van der Waals surface area contributed by atoms with Crippen molar-refractivity contribution in [3.8, 4) is 5.75 Å². The molecule has 3 rings (SSSR count). The molecule has 2 aromatic carbocycles. The van der Waals surface area contributed by atoms with Gasteiger partial charge in [-0.05, 0) is 36.8 Å². The second kappa shape index (κ2) is 9.61. The van der Waals surface area contributed by atoms with Crippen molar-refractivity contribution in [3.63, 3.8) is 0 Å². The number of piperazine rings is 1. The molecule has 0 amide bonds. The van der Waals surface area contributed by atoms with Gasteiger partial charge in [0, 0.05) is 30.7 Å². The molecule has 1 saturated heterocycles. The van der Waals surface area contributed by atoms with Crippen LogP contribution in [-0.2, 0) is 4.79 Å². The third kappa shape index (κ3) is 5.17. The lowest BCUT2D eigenvalue weighted by Crippen LogP contribution is -2.49. The number of carbonyl (C=O) groups excluding carboxylic acids is 1. The lowest BCUT2D eigenvalue weighted by atomic mass is 10.0. The Morgan fingerprint density at radius 3 is 2.57 bits per heavy atom. The Morgan fingerprint density at radius 1 is 1.18 bits per heavy atom. The van der Waals surface area contributed by atoms with Gasteiger partial charge in [0.05, 0.1) is 29.9 Å². The molecule has 0 saturated carbocycles. The number of ether oxygens (including phenoxy) is 1. The van der Waals surface area contributed by atoms with Crippen molar-refractivity contribution < 1.29 is 14.6 Å². The summed E-state index contributed by atoms with van der Waals surface area (Å²) in [6, 6.07) is 13.4. The Bertz CT molecular complexity index is 814. The van der Waals surface area contributed by atoms with Gasteiger partial charge in [-0.3, -0.25) is 9.69 Å². The topological polar surface area (TPSA) is 53.0 Å². The predicted molar refractivity (Wildman–Crippen MR) is 113 cm³/mol. The molecule has 0 bridgehead atoms. The molecule has 150 valence electrons. The van der Waals surface area contributed by atoms with Crippen molar-refractivity contribution in [2.45, 2.75) is 13.0 Å². The molecule has 1 atom stereocenters. The zero-order valence-electron chi connectivity index (χ0n) is 15.8. The molecule has 7 heteroatoms. The van der Waals surface area contributed by atoms with Crippen LogP contribution in [0.3, 0.4) is 0 Å². The summed E-state index contributed by atoms with van der Waals surface area (Å²) in [6.07, 6.45) is 0. The minimum Gasteiger partial charge on any atom is -0.491 e. The van der Waals surface area contributed by atoms with Crippen LogP contribution in [-0.4, -0.2) is 55.2 Å². The van der Waals surface area contributed by atoms with Crippen molar-refractivity contribution in [2.24, 2.45) is 0 Å². The maximum absolute atomic E-state index is 11.6. The van der Waals surface area contributed by atoms with Crippen molar-refractivity contribution >= 4 is 34.7 Å². The molecule has 0 aromatic heterocycles. The number of carbonyl (C=O) groups is 1. The lowest BCUT2D eigenvalue weighted by molar-refractivity contribution is -0.118. The molecular weight excluding hydrogens is 399 g/mol. The average molecular weight is 423 g/mol. The fourth-order valence-corrected chi connectivity index (χ4v) is 3.94. The number of Topliss-reactive ketones (excluding diaryl/α,β-unsaturated/α-hetero) is 1. The van der Waals surface area contributed by atoms with Crippen LogP contribution >= 0.6 is 23.2 Å². The van der Waals surface area contributed by atoms with E-state index in [4.69, 9.17) is 33.0 Å². The molecule has 28 heavy (non-hydrogen) atoms. The van der Waals surface area contributed by atoms with Crippen LogP contribution in [0.4, 0.5) is 5.69 Å². The fourth-order valence-electron chi connectivity index (χ4n) is 3.53. The first-order chi connectivity index (χ1) is 13.5. The third-order valence-corrected chi connectivity index (χ3v) is 5.31. The number of rotatable bonds is 7.